The Labute approximate surface area is 157 Å². The Bertz CT molecular complexity index is 725. The molecule has 0 saturated carbocycles. The third-order valence-electron chi connectivity index (χ3n) is 4.55. The Kier molecular flexibility index (Phi) is 6.55. The van der Waals surface area contributed by atoms with Crippen molar-refractivity contribution in [2.45, 2.75) is 45.0 Å². The van der Waals surface area contributed by atoms with Crippen molar-refractivity contribution in [3.05, 3.63) is 29.8 Å². The number of hydrogen-bond donors (Lipinski definition) is 1. The van der Waals surface area contributed by atoms with Gasteiger partial charge in [0.25, 0.3) is 0 Å². The van der Waals surface area contributed by atoms with E-state index in [9.17, 15) is 8.42 Å². The van der Waals surface area contributed by atoms with E-state index in [0.717, 1.165) is 24.7 Å². The Morgan fingerprint density at radius 1 is 1.31 bits per heavy atom. The van der Waals surface area contributed by atoms with E-state index in [2.05, 4.69) is 22.4 Å². The van der Waals surface area contributed by atoms with Crippen LogP contribution in [0.15, 0.2) is 29.3 Å². The van der Waals surface area contributed by atoms with Gasteiger partial charge in [-0.05, 0) is 51.8 Å². The first-order valence-electron chi connectivity index (χ1n) is 9.08. The van der Waals surface area contributed by atoms with Gasteiger partial charge < -0.3 is 15.0 Å². The Morgan fingerprint density at radius 2 is 1.96 bits per heavy atom. The first-order chi connectivity index (χ1) is 12.1. The maximum atomic E-state index is 12.2. The number of guanidine groups is 1. The third-order valence-corrected chi connectivity index (χ3v) is 7.08. The molecule has 1 aliphatic rings. The van der Waals surface area contributed by atoms with Crippen LogP contribution in [0.2, 0.25) is 0 Å². The second kappa shape index (κ2) is 8.29. The van der Waals surface area contributed by atoms with E-state index in [1.807, 2.05) is 30.9 Å². The summed E-state index contributed by atoms with van der Waals surface area (Å²) in [7, 11) is -1.32. The number of aliphatic imine (C=N–C) groups is 1. The van der Waals surface area contributed by atoms with Crippen molar-refractivity contribution in [2.75, 3.05) is 32.4 Å². The van der Waals surface area contributed by atoms with Gasteiger partial charge in [0.1, 0.15) is 5.75 Å². The highest BCUT2D eigenvalue weighted by molar-refractivity contribution is 7.92. The fourth-order valence-electron chi connectivity index (χ4n) is 2.98. The van der Waals surface area contributed by atoms with E-state index < -0.39 is 14.6 Å². The number of sulfone groups is 1. The standard InChI is InChI=1S/C19H31N3O3S/c1-15(2)25-17-8-6-16(7-9-17)10-11-21-18(20-5)22-12-13-26(23,24)19(3,4)14-22/h6-9,15H,10-14H2,1-5H3,(H,20,21). The second-order valence-corrected chi connectivity index (χ2v) is 10.3. The molecule has 1 heterocycles. The summed E-state index contributed by atoms with van der Waals surface area (Å²) in [5, 5.41) is 3.35. The van der Waals surface area contributed by atoms with Crippen molar-refractivity contribution in [1.29, 1.82) is 0 Å². The molecular weight excluding hydrogens is 350 g/mol. The van der Waals surface area contributed by atoms with Crippen LogP contribution in [0, 0.1) is 0 Å². The van der Waals surface area contributed by atoms with Gasteiger partial charge in [-0.3, -0.25) is 4.99 Å². The predicted octanol–water partition coefficient (Wildman–Crippen LogP) is 2.10. The van der Waals surface area contributed by atoms with Gasteiger partial charge in [-0.15, -0.1) is 0 Å². The molecule has 0 spiro atoms. The molecule has 6 nitrogen and oxygen atoms in total. The molecule has 1 fully saturated rings. The summed E-state index contributed by atoms with van der Waals surface area (Å²) >= 11 is 0. The molecular formula is C19H31N3O3S. The van der Waals surface area contributed by atoms with Gasteiger partial charge >= 0.3 is 0 Å². The van der Waals surface area contributed by atoms with Crippen LogP contribution in [0.3, 0.4) is 0 Å². The van der Waals surface area contributed by atoms with Crippen LogP contribution >= 0.6 is 0 Å². The summed E-state index contributed by atoms with van der Waals surface area (Å²) in [6, 6.07) is 8.11. The van der Waals surface area contributed by atoms with Crippen LogP contribution in [-0.2, 0) is 16.3 Å². The number of ether oxygens (including phenoxy) is 1. The van der Waals surface area contributed by atoms with Gasteiger partial charge in [0, 0.05) is 26.7 Å². The molecule has 0 radical (unpaired) electrons. The molecule has 146 valence electrons. The minimum absolute atomic E-state index is 0.165. The zero-order chi connectivity index (χ0) is 19.4. The van der Waals surface area contributed by atoms with Gasteiger partial charge in [0.15, 0.2) is 15.8 Å². The Balaban J connectivity index is 1.88. The maximum Gasteiger partial charge on any atom is 0.193 e. The zero-order valence-electron chi connectivity index (χ0n) is 16.4. The summed E-state index contributed by atoms with van der Waals surface area (Å²) < 4.78 is 29.2. The number of nitrogens with one attached hydrogen (secondary N) is 1. The van der Waals surface area contributed by atoms with Crippen LogP contribution in [-0.4, -0.2) is 62.6 Å². The van der Waals surface area contributed by atoms with E-state index in [1.165, 1.54) is 5.56 Å². The zero-order valence-corrected chi connectivity index (χ0v) is 17.3. The molecule has 0 atom stereocenters. The molecule has 7 heteroatoms. The minimum atomic E-state index is -3.05. The largest absolute Gasteiger partial charge is 0.491 e. The van der Waals surface area contributed by atoms with Crippen LogP contribution < -0.4 is 10.1 Å². The van der Waals surface area contributed by atoms with Crippen molar-refractivity contribution >= 4 is 15.8 Å². The highest BCUT2D eigenvalue weighted by Crippen LogP contribution is 2.23. The fourth-order valence-corrected chi connectivity index (χ4v) is 4.35. The highest BCUT2D eigenvalue weighted by atomic mass is 32.2. The lowest BCUT2D eigenvalue weighted by Gasteiger charge is -2.39. The van der Waals surface area contributed by atoms with E-state index in [0.29, 0.717) is 13.1 Å². The molecule has 1 aromatic carbocycles. The quantitative estimate of drug-likeness (QED) is 0.625. The van der Waals surface area contributed by atoms with Crippen LogP contribution in [0.5, 0.6) is 5.75 Å². The average Bonchev–Trinajstić information content (AvgIpc) is 2.55. The van der Waals surface area contributed by atoms with Gasteiger partial charge in [-0.2, -0.15) is 0 Å². The summed E-state index contributed by atoms with van der Waals surface area (Å²) in [6.45, 7) is 9.25. The number of nitrogens with zero attached hydrogens (tertiary/aromatic N) is 2. The molecule has 0 unspecified atom stereocenters. The summed E-state index contributed by atoms with van der Waals surface area (Å²) in [5.41, 5.74) is 1.21. The predicted molar refractivity (Wildman–Crippen MR) is 107 cm³/mol. The van der Waals surface area contributed by atoms with Gasteiger partial charge in [0.2, 0.25) is 0 Å². The molecule has 0 bridgehead atoms. The van der Waals surface area contributed by atoms with Crippen molar-refractivity contribution < 1.29 is 13.2 Å². The lowest BCUT2D eigenvalue weighted by atomic mass is 10.1. The number of hydrogen-bond acceptors (Lipinski definition) is 4. The highest BCUT2D eigenvalue weighted by Gasteiger charge is 2.40. The summed E-state index contributed by atoms with van der Waals surface area (Å²) in [4.78, 5) is 6.35. The van der Waals surface area contributed by atoms with Gasteiger partial charge in [-0.1, -0.05) is 12.1 Å². The lowest BCUT2D eigenvalue weighted by molar-refractivity contribution is 0.242. The minimum Gasteiger partial charge on any atom is -0.491 e. The number of benzene rings is 1. The van der Waals surface area contributed by atoms with Crippen LogP contribution in [0.1, 0.15) is 33.3 Å². The first-order valence-corrected chi connectivity index (χ1v) is 10.7. The van der Waals surface area contributed by atoms with Gasteiger partial charge in [-0.25, -0.2) is 8.42 Å². The summed E-state index contributed by atoms with van der Waals surface area (Å²) in [5.74, 6) is 1.80. The molecule has 0 aromatic heterocycles. The van der Waals surface area contributed by atoms with E-state index in [-0.39, 0.29) is 11.9 Å². The van der Waals surface area contributed by atoms with Crippen LogP contribution in [0.25, 0.3) is 0 Å². The second-order valence-electron chi connectivity index (χ2n) is 7.53. The van der Waals surface area contributed by atoms with Crippen LogP contribution in [0.4, 0.5) is 0 Å². The normalized spacial score (nSPS) is 19.5. The average molecular weight is 382 g/mol. The molecule has 26 heavy (non-hydrogen) atoms. The fraction of sp³-hybridized carbons (Fsp3) is 0.632. The molecule has 1 saturated heterocycles. The Hall–Kier alpha value is -1.76. The lowest BCUT2D eigenvalue weighted by Crippen LogP contribution is -2.57. The number of rotatable bonds is 5. The van der Waals surface area contributed by atoms with Crippen molar-refractivity contribution in [3.63, 3.8) is 0 Å². The van der Waals surface area contributed by atoms with Crippen molar-refractivity contribution in [1.82, 2.24) is 10.2 Å². The smallest absolute Gasteiger partial charge is 0.193 e. The monoisotopic (exact) mass is 381 g/mol. The molecule has 1 N–H and O–H groups in total. The molecule has 1 aliphatic heterocycles. The van der Waals surface area contributed by atoms with Crippen molar-refractivity contribution in [2.24, 2.45) is 4.99 Å². The first kappa shape index (κ1) is 20.6. The molecule has 0 aliphatic carbocycles. The molecule has 0 amide bonds. The molecule has 2 rings (SSSR count). The van der Waals surface area contributed by atoms with E-state index >= 15 is 0 Å². The van der Waals surface area contributed by atoms with E-state index in [1.54, 1.807) is 20.9 Å². The Morgan fingerprint density at radius 3 is 2.50 bits per heavy atom. The van der Waals surface area contributed by atoms with Gasteiger partial charge in [0.05, 0.1) is 16.6 Å². The topological polar surface area (TPSA) is 71.0 Å². The van der Waals surface area contributed by atoms with E-state index in [4.69, 9.17) is 4.74 Å². The third kappa shape index (κ3) is 5.13. The summed E-state index contributed by atoms with van der Waals surface area (Å²) in [6.07, 6.45) is 1.03. The maximum absolute atomic E-state index is 12.2. The van der Waals surface area contributed by atoms with Crippen molar-refractivity contribution in [3.8, 4) is 5.75 Å². The molecule has 1 aromatic rings. The SMILES string of the molecule is CN=C(NCCc1ccc(OC(C)C)cc1)N1CCS(=O)(=O)C(C)(C)C1.